The third kappa shape index (κ3) is 3.69. The van der Waals surface area contributed by atoms with E-state index in [4.69, 9.17) is 0 Å². The molecule has 0 aromatic heterocycles. The predicted octanol–water partition coefficient (Wildman–Crippen LogP) is 0.503. The van der Waals surface area contributed by atoms with Gasteiger partial charge in [-0.15, -0.1) is 0 Å². The first-order valence-electron chi connectivity index (χ1n) is 7.52. The summed E-state index contributed by atoms with van der Waals surface area (Å²) >= 11 is 0. The molecule has 0 bridgehead atoms. The summed E-state index contributed by atoms with van der Waals surface area (Å²) in [4.78, 5) is 26.0. The number of hydrogen-bond donors (Lipinski definition) is 2. The van der Waals surface area contributed by atoms with Crippen molar-refractivity contribution in [1.82, 2.24) is 15.5 Å². The van der Waals surface area contributed by atoms with Crippen molar-refractivity contribution in [3.63, 3.8) is 0 Å². The standard InChI is InChI=1S/C14H25N3O2/c1-2-15-13(18)11-6-9-17(10-7-11)14(19)12-5-3-4-8-16-12/h11-12,16H,2-10H2,1H3,(H,15,18). The van der Waals surface area contributed by atoms with E-state index in [9.17, 15) is 9.59 Å². The zero-order chi connectivity index (χ0) is 13.7. The van der Waals surface area contributed by atoms with Crippen LogP contribution in [0.4, 0.5) is 0 Å². The molecule has 5 heteroatoms. The third-order valence-corrected chi connectivity index (χ3v) is 4.14. The first kappa shape index (κ1) is 14.3. The zero-order valence-corrected chi connectivity index (χ0v) is 11.8. The van der Waals surface area contributed by atoms with Crippen LogP contribution in [0, 0.1) is 5.92 Å². The summed E-state index contributed by atoms with van der Waals surface area (Å²) in [5, 5.41) is 6.17. The minimum Gasteiger partial charge on any atom is -0.356 e. The summed E-state index contributed by atoms with van der Waals surface area (Å²) in [7, 11) is 0. The molecule has 1 unspecified atom stereocenters. The monoisotopic (exact) mass is 267 g/mol. The molecule has 0 aromatic rings. The van der Waals surface area contributed by atoms with Gasteiger partial charge in [-0.05, 0) is 39.2 Å². The maximum absolute atomic E-state index is 12.3. The second kappa shape index (κ2) is 6.89. The van der Waals surface area contributed by atoms with E-state index in [-0.39, 0.29) is 23.8 Å². The Labute approximate surface area is 115 Å². The second-order valence-electron chi connectivity index (χ2n) is 5.50. The molecule has 2 fully saturated rings. The van der Waals surface area contributed by atoms with Crippen LogP contribution in [-0.4, -0.2) is 48.9 Å². The van der Waals surface area contributed by atoms with Gasteiger partial charge in [0.1, 0.15) is 0 Å². The van der Waals surface area contributed by atoms with Gasteiger partial charge in [-0.3, -0.25) is 9.59 Å². The topological polar surface area (TPSA) is 61.4 Å². The van der Waals surface area contributed by atoms with Crippen molar-refractivity contribution in [1.29, 1.82) is 0 Å². The molecule has 2 amide bonds. The van der Waals surface area contributed by atoms with E-state index in [1.807, 2.05) is 11.8 Å². The van der Waals surface area contributed by atoms with Gasteiger partial charge in [0.05, 0.1) is 6.04 Å². The van der Waals surface area contributed by atoms with Crippen LogP contribution >= 0.6 is 0 Å². The zero-order valence-electron chi connectivity index (χ0n) is 11.8. The molecule has 1 atom stereocenters. The first-order chi connectivity index (χ1) is 9.22. The van der Waals surface area contributed by atoms with Crippen LogP contribution in [0.2, 0.25) is 0 Å². The van der Waals surface area contributed by atoms with Crippen LogP contribution < -0.4 is 10.6 Å². The molecule has 2 heterocycles. The fourth-order valence-electron chi connectivity index (χ4n) is 2.96. The normalized spacial score (nSPS) is 25.1. The minimum absolute atomic E-state index is 0.00904. The number of likely N-dealkylation sites (tertiary alicyclic amines) is 1. The van der Waals surface area contributed by atoms with Crippen molar-refractivity contribution in [3.8, 4) is 0 Å². The van der Waals surface area contributed by atoms with Gasteiger partial charge in [-0.25, -0.2) is 0 Å². The summed E-state index contributed by atoms with van der Waals surface area (Å²) in [6.07, 6.45) is 4.85. The highest BCUT2D eigenvalue weighted by Gasteiger charge is 2.30. The summed E-state index contributed by atoms with van der Waals surface area (Å²) in [6, 6.07) is 0.00904. The van der Waals surface area contributed by atoms with Crippen molar-refractivity contribution in [3.05, 3.63) is 0 Å². The quantitative estimate of drug-likeness (QED) is 0.783. The number of amides is 2. The summed E-state index contributed by atoms with van der Waals surface area (Å²) in [6.45, 7) is 5.01. The first-order valence-corrected chi connectivity index (χ1v) is 7.52. The van der Waals surface area contributed by atoms with Crippen LogP contribution in [-0.2, 0) is 9.59 Å². The largest absolute Gasteiger partial charge is 0.356 e. The number of nitrogens with zero attached hydrogens (tertiary/aromatic N) is 1. The molecule has 2 rings (SSSR count). The molecule has 0 aromatic carbocycles. The van der Waals surface area contributed by atoms with E-state index in [1.54, 1.807) is 0 Å². The summed E-state index contributed by atoms with van der Waals surface area (Å²) < 4.78 is 0. The lowest BCUT2D eigenvalue weighted by atomic mass is 9.94. The van der Waals surface area contributed by atoms with Crippen LogP contribution in [0.5, 0.6) is 0 Å². The highest BCUT2D eigenvalue weighted by Crippen LogP contribution is 2.19. The lowest BCUT2D eigenvalue weighted by molar-refractivity contribution is -0.137. The molecular weight excluding hydrogens is 242 g/mol. The lowest BCUT2D eigenvalue weighted by Gasteiger charge is -2.35. The number of carbonyl (C=O) groups excluding carboxylic acids is 2. The predicted molar refractivity (Wildman–Crippen MR) is 73.6 cm³/mol. The maximum atomic E-state index is 12.3. The Morgan fingerprint density at radius 2 is 1.95 bits per heavy atom. The Kier molecular flexibility index (Phi) is 5.19. The summed E-state index contributed by atoms with van der Waals surface area (Å²) in [5.74, 6) is 0.461. The molecule has 2 saturated heterocycles. The molecule has 2 N–H and O–H groups in total. The molecule has 2 aliphatic rings. The van der Waals surface area contributed by atoms with Gasteiger partial charge in [0.2, 0.25) is 11.8 Å². The molecule has 0 saturated carbocycles. The molecule has 0 aliphatic carbocycles. The Hall–Kier alpha value is -1.10. The lowest BCUT2D eigenvalue weighted by Crippen LogP contribution is -2.51. The highest BCUT2D eigenvalue weighted by atomic mass is 16.2. The van der Waals surface area contributed by atoms with Gasteiger partial charge in [0.15, 0.2) is 0 Å². The van der Waals surface area contributed by atoms with Crippen molar-refractivity contribution in [2.24, 2.45) is 5.92 Å². The maximum Gasteiger partial charge on any atom is 0.239 e. The smallest absolute Gasteiger partial charge is 0.239 e. The third-order valence-electron chi connectivity index (χ3n) is 4.14. The fourth-order valence-corrected chi connectivity index (χ4v) is 2.96. The van der Waals surface area contributed by atoms with Crippen molar-refractivity contribution in [2.75, 3.05) is 26.2 Å². The van der Waals surface area contributed by atoms with Gasteiger partial charge in [0, 0.05) is 25.6 Å². The number of carbonyl (C=O) groups is 2. The van der Waals surface area contributed by atoms with Crippen LogP contribution in [0.3, 0.4) is 0 Å². The van der Waals surface area contributed by atoms with E-state index in [1.165, 1.54) is 6.42 Å². The fraction of sp³-hybridized carbons (Fsp3) is 0.857. The molecule has 0 radical (unpaired) electrons. The minimum atomic E-state index is 0.00904. The average molecular weight is 267 g/mol. The van der Waals surface area contributed by atoms with E-state index in [0.29, 0.717) is 6.54 Å². The number of piperidine rings is 2. The molecule has 5 nitrogen and oxygen atoms in total. The van der Waals surface area contributed by atoms with E-state index < -0.39 is 0 Å². The molecule has 19 heavy (non-hydrogen) atoms. The Morgan fingerprint density at radius 1 is 1.21 bits per heavy atom. The summed E-state index contributed by atoms with van der Waals surface area (Å²) in [5.41, 5.74) is 0. The molecular formula is C14H25N3O2. The van der Waals surface area contributed by atoms with Crippen molar-refractivity contribution in [2.45, 2.75) is 45.1 Å². The van der Waals surface area contributed by atoms with E-state index in [2.05, 4.69) is 10.6 Å². The van der Waals surface area contributed by atoms with Gasteiger partial charge in [-0.2, -0.15) is 0 Å². The molecule has 108 valence electrons. The highest BCUT2D eigenvalue weighted by molar-refractivity contribution is 5.83. The molecule has 2 aliphatic heterocycles. The Morgan fingerprint density at radius 3 is 2.53 bits per heavy atom. The van der Waals surface area contributed by atoms with Crippen LogP contribution in [0.25, 0.3) is 0 Å². The Balaban J connectivity index is 1.79. The van der Waals surface area contributed by atoms with Gasteiger partial charge in [0.25, 0.3) is 0 Å². The van der Waals surface area contributed by atoms with Crippen molar-refractivity contribution < 1.29 is 9.59 Å². The van der Waals surface area contributed by atoms with E-state index >= 15 is 0 Å². The van der Waals surface area contributed by atoms with Gasteiger partial charge < -0.3 is 15.5 Å². The van der Waals surface area contributed by atoms with Gasteiger partial charge >= 0.3 is 0 Å². The number of nitrogens with one attached hydrogen (secondary N) is 2. The van der Waals surface area contributed by atoms with Crippen molar-refractivity contribution >= 4 is 11.8 Å². The Bertz CT molecular complexity index is 319. The van der Waals surface area contributed by atoms with Crippen LogP contribution in [0.15, 0.2) is 0 Å². The van der Waals surface area contributed by atoms with E-state index in [0.717, 1.165) is 45.3 Å². The molecule has 0 spiro atoms. The number of rotatable bonds is 3. The SMILES string of the molecule is CCNC(=O)C1CCN(C(=O)C2CCCCN2)CC1. The van der Waals surface area contributed by atoms with Crippen LogP contribution in [0.1, 0.15) is 39.0 Å². The van der Waals surface area contributed by atoms with Gasteiger partial charge in [-0.1, -0.05) is 6.42 Å². The average Bonchev–Trinajstić information content (AvgIpc) is 2.48. The number of hydrogen-bond acceptors (Lipinski definition) is 3. The second-order valence-corrected chi connectivity index (χ2v) is 5.50.